The van der Waals surface area contributed by atoms with E-state index in [-0.39, 0.29) is 11.0 Å². The number of aryl methyl sites for hydroxylation is 1. The van der Waals surface area contributed by atoms with Gasteiger partial charge in [-0.3, -0.25) is 4.79 Å². The molecule has 25 heavy (non-hydrogen) atoms. The van der Waals surface area contributed by atoms with Crippen LogP contribution in [0.2, 0.25) is 0 Å². The fourth-order valence-corrected chi connectivity index (χ4v) is 4.27. The number of hydrogen-bond donors (Lipinski definition) is 1. The minimum Gasteiger partial charge on any atom is -0.358 e. The molecule has 0 saturated carbocycles. The standard InChI is InChI=1S/C22H19NOS/c1-14-21(19-9-5-6-10-20(19)23-14)22(24)15(2)25-18-12-11-16-7-3-4-8-17(16)13-18/h3-13,15,23H,1-2H3/t15-/m1/s1. The Morgan fingerprint density at radius 1 is 0.960 bits per heavy atom. The Morgan fingerprint density at radius 3 is 2.52 bits per heavy atom. The van der Waals surface area contributed by atoms with Crippen molar-refractivity contribution in [3.63, 3.8) is 0 Å². The molecule has 0 unspecified atom stereocenters. The van der Waals surface area contributed by atoms with Gasteiger partial charge < -0.3 is 4.98 Å². The van der Waals surface area contributed by atoms with Gasteiger partial charge in [-0.05, 0) is 42.8 Å². The number of benzene rings is 3. The maximum atomic E-state index is 13.1. The van der Waals surface area contributed by atoms with Gasteiger partial charge in [-0.25, -0.2) is 0 Å². The third-order valence-corrected chi connectivity index (χ3v) is 5.64. The van der Waals surface area contributed by atoms with Crippen LogP contribution in [0, 0.1) is 6.92 Å². The Hall–Kier alpha value is -2.52. The molecule has 0 amide bonds. The first-order valence-electron chi connectivity index (χ1n) is 8.40. The minimum absolute atomic E-state index is 0.140. The zero-order chi connectivity index (χ0) is 17.4. The fraction of sp³-hybridized carbons (Fsp3) is 0.136. The van der Waals surface area contributed by atoms with Crippen molar-refractivity contribution in [3.05, 3.63) is 78.0 Å². The molecule has 0 aliphatic heterocycles. The van der Waals surface area contributed by atoms with Gasteiger partial charge in [-0.15, -0.1) is 11.8 Å². The smallest absolute Gasteiger partial charge is 0.178 e. The SMILES string of the molecule is Cc1[nH]c2ccccc2c1C(=O)[C@@H](C)Sc1ccc2ccccc2c1. The quantitative estimate of drug-likeness (QED) is 0.364. The molecule has 3 heteroatoms. The van der Waals surface area contributed by atoms with Crippen molar-refractivity contribution >= 4 is 39.2 Å². The van der Waals surface area contributed by atoms with E-state index in [1.807, 2.05) is 50.2 Å². The lowest BCUT2D eigenvalue weighted by molar-refractivity contribution is 0.0995. The number of rotatable bonds is 4. The molecule has 1 heterocycles. The molecule has 4 rings (SSSR count). The van der Waals surface area contributed by atoms with E-state index in [0.717, 1.165) is 27.1 Å². The summed E-state index contributed by atoms with van der Waals surface area (Å²) in [6.07, 6.45) is 0. The molecule has 2 nitrogen and oxygen atoms in total. The molecule has 0 fully saturated rings. The number of hydrogen-bond acceptors (Lipinski definition) is 2. The maximum Gasteiger partial charge on any atom is 0.178 e. The van der Waals surface area contributed by atoms with Gasteiger partial charge >= 0.3 is 0 Å². The molecular formula is C22H19NOS. The van der Waals surface area contributed by atoms with Crippen molar-refractivity contribution in [2.24, 2.45) is 0 Å². The molecule has 0 radical (unpaired) electrons. The van der Waals surface area contributed by atoms with Crippen molar-refractivity contribution in [3.8, 4) is 0 Å². The third kappa shape index (κ3) is 2.96. The second-order valence-corrected chi connectivity index (χ2v) is 7.72. The van der Waals surface area contributed by atoms with Gasteiger partial charge in [0.1, 0.15) is 0 Å². The summed E-state index contributed by atoms with van der Waals surface area (Å²) in [5, 5.41) is 3.30. The number of Topliss-reactive ketones (excluding diaryl/α,β-unsaturated/α-hetero) is 1. The van der Waals surface area contributed by atoms with Crippen LogP contribution in [0.3, 0.4) is 0 Å². The van der Waals surface area contributed by atoms with Gasteiger partial charge in [0.25, 0.3) is 0 Å². The Morgan fingerprint density at radius 2 is 1.68 bits per heavy atom. The topological polar surface area (TPSA) is 32.9 Å². The van der Waals surface area contributed by atoms with Crippen molar-refractivity contribution in [2.45, 2.75) is 24.0 Å². The summed E-state index contributed by atoms with van der Waals surface area (Å²) in [6, 6.07) is 22.7. The summed E-state index contributed by atoms with van der Waals surface area (Å²) in [4.78, 5) is 17.5. The number of aromatic amines is 1. The molecule has 0 aliphatic rings. The number of fused-ring (bicyclic) bond motifs is 2. The van der Waals surface area contributed by atoms with E-state index in [1.54, 1.807) is 11.8 Å². The zero-order valence-corrected chi connectivity index (χ0v) is 15.1. The summed E-state index contributed by atoms with van der Waals surface area (Å²) in [5.74, 6) is 0.174. The molecule has 3 aromatic carbocycles. The van der Waals surface area contributed by atoms with E-state index in [0.29, 0.717) is 0 Å². The van der Waals surface area contributed by atoms with Gasteiger partial charge in [0.15, 0.2) is 5.78 Å². The lowest BCUT2D eigenvalue weighted by Gasteiger charge is -2.11. The van der Waals surface area contributed by atoms with Crippen molar-refractivity contribution < 1.29 is 4.79 Å². The van der Waals surface area contributed by atoms with Gasteiger partial charge in [-0.2, -0.15) is 0 Å². The highest BCUT2D eigenvalue weighted by atomic mass is 32.2. The van der Waals surface area contributed by atoms with Crippen LogP contribution >= 0.6 is 11.8 Å². The van der Waals surface area contributed by atoms with Gasteiger partial charge in [0.2, 0.25) is 0 Å². The van der Waals surface area contributed by atoms with Crippen molar-refractivity contribution in [1.29, 1.82) is 0 Å². The molecule has 0 spiro atoms. The first-order chi connectivity index (χ1) is 12.1. The molecule has 4 aromatic rings. The lowest BCUT2D eigenvalue weighted by atomic mass is 10.1. The van der Waals surface area contributed by atoms with Crippen LogP contribution in [0.25, 0.3) is 21.7 Å². The molecule has 0 aliphatic carbocycles. The molecular weight excluding hydrogens is 326 g/mol. The summed E-state index contributed by atoms with van der Waals surface area (Å²) >= 11 is 1.62. The van der Waals surface area contributed by atoms with Crippen LogP contribution < -0.4 is 0 Å². The number of ketones is 1. The van der Waals surface area contributed by atoms with Crippen molar-refractivity contribution in [2.75, 3.05) is 0 Å². The number of carbonyl (C=O) groups excluding carboxylic acids is 1. The van der Waals surface area contributed by atoms with Crippen LogP contribution in [0.15, 0.2) is 71.6 Å². The molecule has 0 bridgehead atoms. The predicted molar refractivity (Wildman–Crippen MR) is 107 cm³/mol. The lowest BCUT2D eigenvalue weighted by Crippen LogP contribution is -2.14. The summed E-state index contributed by atoms with van der Waals surface area (Å²) in [7, 11) is 0. The fourth-order valence-electron chi connectivity index (χ4n) is 3.30. The van der Waals surface area contributed by atoms with Crippen LogP contribution in [-0.4, -0.2) is 16.0 Å². The Kier molecular flexibility index (Phi) is 4.10. The van der Waals surface area contributed by atoms with E-state index in [2.05, 4.69) is 35.3 Å². The minimum atomic E-state index is -0.140. The average Bonchev–Trinajstić information content (AvgIpc) is 2.96. The normalized spacial score (nSPS) is 12.6. The van der Waals surface area contributed by atoms with E-state index >= 15 is 0 Å². The summed E-state index contributed by atoms with van der Waals surface area (Å²) in [6.45, 7) is 3.96. The number of thioether (sulfide) groups is 1. The zero-order valence-electron chi connectivity index (χ0n) is 14.2. The van der Waals surface area contributed by atoms with Crippen LogP contribution in [0.1, 0.15) is 23.0 Å². The van der Waals surface area contributed by atoms with E-state index in [9.17, 15) is 4.79 Å². The first kappa shape index (κ1) is 16.0. The molecule has 124 valence electrons. The highest BCUT2D eigenvalue weighted by Crippen LogP contribution is 2.31. The first-order valence-corrected chi connectivity index (χ1v) is 9.28. The molecule has 1 aromatic heterocycles. The van der Waals surface area contributed by atoms with Crippen molar-refractivity contribution in [1.82, 2.24) is 4.98 Å². The Labute approximate surface area is 151 Å². The van der Waals surface area contributed by atoms with E-state index < -0.39 is 0 Å². The summed E-state index contributed by atoms with van der Waals surface area (Å²) < 4.78 is 0. The molecule has 1 atom stereocenters. The van der Waals surface area contributed by atoms with Gasteiger partial charge in [0.05, 0.1) is 5.25 Å². The third-order valence-electron chi connectivity index (χ3n) is 4.54. The predicted octanol–water partition coefficient (Wildman–Crippen LogP) is 5.99. The summed E-state index contributed by atoms with van der Waals surface area (Å²) in [5.41, 5.74) is 2.78. The Bertz CT molecular complexity index is 1080. The number of nitrogens with one attached hydrogen (secondary N) is 1. The number of carbonyl (C=O) groups is 1. The number of H-pyrrole nitrogens is 1. The molecule has 1 N–H and O–H groups in total. The Balaban J connectivity index is 1.64. The monoisotopic (exact) mass is 345 g/mol. The number of aromatic nitrogens is 1. The van der Waals surface area contributed by atoms with Crippen LogP contribution in [0.4, 0.5) is 0 Å². The maximum absolute atomic E-state index is 13.1. The largest absolute Gasteiger partial charge is 0.358 e. The van der Waals surface area contributed by atoms with E-state index in [4.69, 9.17) is 0 Å². The van der Waals surface area contributed by atoms with Crippen LogP contribution in [0.5, 0.6) is 0 Å². The highest BCUT2D eigenvalue weighted by Gasteiger charge is 2.22. The second kappa shape index (κ2) is 6.41. The second-order valence-electron chi connectivity index (χ2n) is 6.30. The average molecular weight is 345 g/mol. The number of para-hydroxylation sites is 1. The van der Waals surface area contributed by atoms with Crippen LogP contribution in [-0.2, 0) is 0 Å². The van der Waals surface area contributed by atoms with E-state index in [1.165, 1.54) is 10.8 Å². The highest BCUT2D eigenvalue weighted by molar-refractivity contribution is 8.00. The molecule has 0 saturated heterocycles. The van der Waals surface area contributed by atoms with Gasteiger partial charge in [-0.1, -0.05) is 48.5 Å². The van der Waals surface area contributed by atoms with Gasteiger partial charge in [0, 0.05) is 27.1 Å².